The minimum atomic E-state index is -3.77. The molecule has 9 heteroatoms. The fourth-order valence-corrected chi connectivity index (χ4v) is 5.53. The maximum atomic E-state index is 12.6. The summed E-state index contributed by atoms with van der Waals surface area (Å²) in [7, 11) is -7.45. The predicted molar refractivity (Wildman–Crippen MR) is 90.5 cm³/mol. The Balaban J connectivity index is 1.81. The van der Waals surface area contributed by atoms with E-state index in [1.54, 1.807) is 0 Å². The van der Waals surface area contributed by atoms with E-state index in [0.717, 1.165) is 25.8 Å². The van der Waals surface area contributed by atoms with Crippen molar-refractivity contribution < 1.29 is 16.8 Å². The highest BCUT2D eigenvalue weighted by atomic mass is 32.2. The molecule has 2 atom stereocenters. The van der Waals surface area contributed by atoms with Gasteiger partial charge in [0.2, 0.25) is 20.0 Å². The molecule has 1 heterocycles. The second-order valence-electron chi connectivity index (χ2n) is 6.57. The number of nitrogens with one attached hydrogen (secondary N) is 3. The molecule has 7 nitrogen and oxygen atoms in total. The second kappa shape index (κ2) is 6.72. The molecule has 0 spiro atoms. The molecule has 2 fully saturated rings. The lowest BCUT2D eigenvalue weighted by Gasteiger charge is -2.30. The monoisotopic (exact) mass is 373 g/mol. The van der Waals surface area contributed by atoms with Crippen molar-refractivity contribution in [2.75, 3.05) is 13.1 Å². The van der Waals surface area contributed by atoms with E-state index in [0.29, 0.717) is 6.54 Å². The van der Waals surface area contributed by atoms with E-state index in [4.69, 9.17) is 0 Å². The van der Waals surface area contributed by atoms with Gasteiger partial charge in [0.1, 0.15) is 0 Å². The first-order valence-corrected chi connectivity index (χ1v) is 11.1. The first-order valence-electron chi connectivity index (χ1n) is 8.13. The van der Waals surface area contributed by atoms with Crippen LogP contribution in [0.4, 0.5) is 0 Å². The van der Waals surface area contributed by atoms with Crippen molar-refractivity contribution in [3.05, 3.63) is 24.3 Å². The number of rotatable bonds is 6. The van der Waals surface area contributed by atoms with Gasteiger partial charge in [0.15, 0.2) is 0 Å². The van der Waals surface area contributed by atoms with Crippen LogP contribution < -0.4 is 14.8 Å². The second-order valence-corrected chi connectivity index (χ2v) is 10.00. The molecule has 1 saturated heterocycles. The lowest BCUT2D eigenvalue weighted by molar-refractivity contribution is 0.327. The highest BCUT2D eigenvalue weighted by molar-refractivity contribution is 7.90. The van der Waals surface area contributed by atoms with Crippen molar-refractivity contribution in [1.29, 1.82) is 0 Å². The highest BCUT2D eigenvalue weighted by Gasteiger charge is 2.30. The number of sulfonamides is 2. The van der Waals surface area contributed by atoms with Gasteiger partial charge in [0, 0.05) is 18.6 Å². The average Bonchev–Trinajstić information content (AvgIpc) is 3.33. The van der Waals surface area contributed by atoms with Gasteiger partial charge in [-0.1, -0.05) is 13.0 Å². The SMILES string of the molecule is CC1CCNCC1NS(=O)(=O)c1cccc(S(=O)(=O)NC2CC2)c1. The summed E-state index contributed by atoms with van der Waals surface area (Å²) >= 11 is 0. The predicted octanol–water partition coefficient (Wildman–Crippen LogP) is 0.404. The molecular weight excluding hydrogens is 350 g/mol. The molecule has 1 aromatic carbocycles. The van der Waals surface area contributed by atoms with E-state index < -0.39 is 20.0 Å². The molecule has 1 aromatic rings. The Labute approximate surface area is 143 Å². The van der Waals surface area contributed by atoms with Gasteiger partial charge in [-0.15, -0.1) is 0 Å². The minimum absolute atomic E-state index is 0.0212. The largest absolute Gasteiger partial charge is 0.315 e. The fourth-order valence-electron chi connectivity index (χ4n) is 2.71. The van der Waals surface area contributed by atoms with E-state index in [2.05, 4.69) is 14.8 Å². The molecule has 2 aliphatic rings. The van der Waals surface area contributed by atoms with E-state index >= 15 is 0 Å². The van der Waals surface area contributed by atoms with Gasteiger partial charge >= 0.3 is 0 Å². The standard InChI is InChI=1S/C15H23N3O4S2/c1-11-7-8-16-10-15(11)18-24(21,22)14-4-2-3-13(9-14)23(19,20)17-12-5-6-12/h2-4,9,11-12,15-18H,5-8,10H2,1H3. The Kier molecular flexibility index (Phi) is 4.99. The van der Waals surface area contributed by atoms with Crippen molar-refractivity contribution in [2.24, 2.45) is 5.92 Å². The van der Waals surface area contributed by atoms with Crippen LogP contribution in [0.15, 0.2) is 34.1 Å². The maximum Gasteiger partial charge on any atom is 0.240 e. The summed E-state index contributed by atoms with van der Waals surface area (Å²) in [6.45, 7) is 3.45. The van der Waals surface area contributed by atoms with Crippen LogP contribution in [0, 0.1) is 5.92 Å². The molecule has 134 valence electrons. The molecule has 24 heavy (non-hydrogen) atoms. The van der Waals surface area contributed by atoms with Crippen LogP contribution in [-0.4, -0.2) is 42.0 Å². The Morgan fingerprint density at radius 1 is 1.00 bits per heavy atom. The van der Waals surface area contributed by atoms with Crippen LogP contribution in [0.3, 0.4) is 0 Å². The van der Waals surface area contributed by atoms with Gasteiger partial charge < -0.3 is 5.32 Å². The van der Waals surface area contributed by atoms with Crippen molar-refractivity contribution in [1.82, 2.24) is 14.8 Å². The summed E-state index contributed by atoms with van der Waals surface area (Å²) in [4.78, 5) is -0.0500. The molecule has 3 N–H and O–H groups in total. The molecule has 0 radical (unpaired) electrons. The molecule has 1 aliphatic carbocycles. The van der Waals surface area contributed by atoms with E-state index in [1.165, 1.54) is 24.3 Å². The smallest absolute Gasteiger partial charge is 0.240 e. The third-order valence-corrected chi connectivity index (χ3v) is 7.47. The molecule has 2 unspecified atom stereocenters. The molecule has 3 rings (SSSR count). The summed E-state index contributed by atoms with van der Waals surface area (Å²) < 4.78 is 55.0. The van der Waals surface area contributed by atoms with E-state index in [-0.39, 0.29) is 27.8 Å². The lowest BCUT2D eigenvalue weighted by Crippen LogP contribution is -2.50. The van der Waals surface area contributed by atoms with Crippen molar-refractivity contribution >= 4 is 20.0 Å². The van der Waals surface area contributed by atoms with Crippen LogP contribution in [0.2, 0.25) is 0 Å². The van der Waals surface area contributed by atoms with Gasteiger partial charge in [0.25, 0.3) is 0 Å². The number of benzene rings is 1. The molecule has 1 aliphatic heterocycles. The van der Waals surface area contributed by atoms with Crippen molar-refractivity contribution in [2.45, 2.75) is 48.1 Å². The molecule has 1 saturated carbocycles. The topological polar surface area (TPSA) is 104 Å². The Hall–Kier alpha value is -1.00. The molecule has 0 amide bonds. The van der Waals surface area contributed by atoms with Gasteiger partial charge in [-0.3, -0.25) is 0 Å². The van der Waals surface area contributed by atoms with Crippen LogP contribution in [0.25, 0.3) is 0 Å². The van der Waals surface area contributed by atoms with Gasteiger partial charge in [0.05, 0.1) is 9.79 Å². The van der Waals surface area contributed by atoms with Crippen molar-refractivity contribution in [3.8, 4) is 0 Å². The van der Waals surface area contributed by atoms with Crippen LogP contribution in [0.1, 0.15) is 26.2 Å². The average molecular weight is 374 g/mol. The minimum Gasteiger partial charge on any atom is -0.315 e. The van der Waals surface area contributed by atoms with Crippen LogP contribution >= 0.6 is 0 Å². The van der Waals surface area contributed by atoms with Gasteiger partial charge in [-0.2, -0.15) is 0 Å². The highest BCUT2D eigenvalue weighted by Crippen LogP contribution is 2.23. The summed E-state index contributed by atoms with van der Waals surface area (Å²) in [5.41, 5.74) is 0. The molecule has 0 aromatic heterocycles. The zero-order valence-electron chi connectivity index (χ0n) is 13.5. The van der Waals surface area contributed by atoms with Crippen LogP contribution in [0.5, 0.6) is 0 Å². The molecule has 0 bridgehead atoms. The number of hydrogen-bond acceptors (Lipinski definition) is 5. The quantitative estimate of drug-likeness (QED) is 0.670. The Morgan fingerprint density at radius 3 is 2.21 bits per heavy atom. The third kappa shape index (κ3) is 4.15. The van der Waals surface area contributed by atoms with Gasteiger partial charge in [-0.05, 0) is 49.9 Å². The first kappa shape index (κ1) is 17.8. The first-order chi connectivity index (χ1) is 11.3. The zero-order valence-corrected chi connectivity index (χ0v) is 15.2. The number of hydrogen-bond donors (Lipinski definition) is 3. The summed E-state index contributed by atoms with van der Waals surface area (Å²) in [6, 6.07) is 5.27. The van der Waals surface area contributed by atoms with Gasteiger partial charge in [-0.25, -0.2) is 26.3 Å². The summed E-state index contributed by atoms with van der Waals surface area (Å²) in [5.74, 6) is 0.226. The lowest BCUT2D eigenvalue weighted by atomic mass is 9.96. The third-order valence-electron chi connectivity index (χ3n) is 4.46. The summed E-state index contributed by atoms with van der Waals surface area (Å²) in [5, 5.41) is 3.17. The van der Waals surface area contributed by atoms with E-state index in [1.807, 2.05) is 6.92 Å². The maximum absolute atomic E-state index is 12.6. The normalized spacial score (nSPS) is 25.5. The Morgan fingerprint density at radius 2 is 1.62 bits per heavy atom. The van der Waals surface area contributed by atoms with Crippen molar-refractivity contribution in [3.63, 3.8) is 0 Å². The van der Waals surface area contributed by atoms with E-state index in [9.17, 15) is 16.8 Å². The zero-order chi connectivity index (χ0) is 17.4. The fraction of sp³-hybridized carbons (Fsp3) is 0.600. The number of piperidine rings is 1. The summed E-state index contributed by atoms with van der Waals surface area (Å²) in [6.07, 6.45) is 2.55. The van der Waals surface area contributed by atoms with Crippen LogP contribution in [-0.2, 0) is 20.0 Å². The molecular formula is C15H23N3O4S2. The Bertz CT molecular complexity index is 804.